The van der Waals surface area contributed by atoms with E-state index in [-0.39, 0.29) is 36.7 Å². The van der Waals surface area contributed by atoms with E-state index in [1.165, 1.54) is 12.7 Å². The summed E-state index contributed by atoms with van der Waals surface area (Å²) in [5.41, 5.74) is 2.02. The Hall–Kier alpha value is -2.37. The zero-order valence-electron chi connectivity index (χ0n) is 14.4. The van der Waals surface area contributed by atoms with Crippen LogP contribution in [0.1, 0.15) is 32.3 Å². The van der Waals surface area contributed by atoms with Crippen LogP contribution < -0.4 is 10.2 Å². The van der Waals surface area contributed by atoms with Gasteiger partial charge in [0, 0.05) is 24.7 Å². The molecule has 1 aromatic rings. The van der Waals surface area contributed by atoms with E-state index in [1.807, 2.05) is 24.3 Å². The van der Waals surface area contributed by atoms with Crippen LogP contribution in [0, 0.1) is 5.92 Å². The minimum absolute atomic E-state index is 0.0555. The van der Waals surface area contributed by atoms with Gasteiger partial charge < -0.3 is 15.0 Å². The van der Waals surface area contributed by atoms with Gasteiger partial charge >= 0.3 is 5.97 Å². The molecular weight excluding hydrogens is 308 g/mol. The summed E-state index contributed by atoms with van der Waals surface area (Å²) in [5.74, 6) is -1.03. The van der Waals surface area contributed by atoms with Crippen molar-refractivity contribution in [3.63, 3.8) is 0 Å². The van der Waals surface area contributed by atoms with Crippen LogP contribution in [0.3, 0.4) is 0 Å². The molecule has 0 bridgehead atoms. The predicted molar refractivity (Wildman–Crippen MR) is 90.5 cm³/mol. The molecule has 1 saturated heterocycles. The minimum Gasteiger partial charge on any atom is -0.469 e. The molecule has 1 heterocycles. The van der Waals surface area contributed by atoms with Crippen LogP contribution in [0.2, 0.25) is 0 Å². The number of carbonyl (C=O) groups excluding carboxylic acids is 3. The molecule has 1 aliphatic heterocycles. The van der Waals surface area contributed by atoms with E-state index in [0.717, 1.165) is 12.1 Å². The molecule has 0 spiro atoms. The number of nitrogens with one attached hydrogen (secondary N) is 1. The largest absolute Gasteiger partial charge is 0.469 e. The quantitative estimate of drug-likeness (QED) is 0.804. The number of anilines is 1. The van der Waals surface area contributed by atoms with Gasteiger partial charge in [0.15, 0.2) is 0 Å². The standard InChI is InChI=1S/C18H24N2O4/c1-4-13-5-7-15(8-6-13)20-11-14(10-16(20)21)18(23)19-12(2)9-17(22)24-3/h5-8,12,14H,4,9-11H2,1-3H3,(H,19,23). The topological polar surface area (TPSA) is 75.7 Å². The third-order valence-corrected chi connectivity index (χ3v) is 4.24. The lowest BCUT2D eigenvalue weighted by Crippen LogP contribution is -2.39. The fourth-order valence-electron chi connectivity index (χ4n) is 2.79. The maximum Gasteiger partial charge on any atom is 0.307 e. The fourth-order valence-corrected chi connectivity index (χ4v) is 2.79. The number of hydrogen-bond acceptors (Lipinski definition) is 4. The maximum absolute atomic E-state index is 12.3. The number of hydrogen-bond donors (Lipinski definition) is 1. The van der Waals surface area contributed by atoms with Crippen molar-refractivity contribution in [2.24, 2.45) is 5.92 Å². The number of esters is 1. The van der Waals surface area contributed by atoms with Crippen molar-refractivity contribution in [2.75, 3.05) is 18.6 Å². The summed E-state index contributed by atoms with van der Waals surface area (Å²) in [6.45, 7) is 4.18. The first-order valence-electron chi connectivity index (χ1n) is 8.21. The minimum atomic E-state index is -0.400. The lowest BCUT2D eigenvalue weighted by atomic mass is 10.1. The average Bonchev–Trinajstić information content (AvgIpc) is 2.96. The van der Waals surface area contributed by atoms with E-state index in [1.54, 1.807) is 11.8 Å². The first kappa shape index (κ1) is 18.0. The van der Waals surface area contributed by atoms with Crippen LogP contribution >= 0.6 is 0 Å². The first-order valence-corrected chi connectivity index (χ1v) is 8.21. The van der Waals surface area contributed by atoms with Crippen LogP contribution in [0.4, 0.5) is 5.69 Å². The Morgan fingerprint density at radius 3 is 2.58 bits per heavy atom. The van der Waals surface area contributed by atoms with E-state index in [4.69, 9.17) is 0 Å². The van der Waals surface area contributed by atoms with E-state index >= 15 is 0 Å². The van der Waals surface area contributed by atoms with Crippen LogP contribution in [0.5, 0.6) is 0 Å². The van der Waals surface area contributed by atoms with E-state index < -0.39 is 5.92 Å². The second-order valence-electron chi connectivity index (χ2n) is 6.12. The summed E-state index contributed by atoms with van der Waals surface area (Å²) in [4.78, 5) is 37.4. The van der Waals surface area contributed by atoms with E-state index in [0.29, 0.717) is 6.54 Å². The van der Waals surface area contributed by atoms with E-state index in [9.17, 15) is 14.4 Å². The number of benzene rings is 1. The maximum atomic E-state index is 12.3. The Kier molecular flexibility index (Phi) is 5.95. The van der Waals surface area contributed by atoms with Gasteiger partial charge in [-0.3, -0.25) is 14.4 Å². The van der Waals surface area contributed by atoms with Gasteiger partial charge in [-0.2, -0.15) is 0 Å². The SMILES string of the molecule is CCc1ccc(N2CC(C(=O)NC(C)CC(=O)OC)CC2=O)cc1. The fraction of sp³-hybridized carbons (Fsp3) is 0.500. The van der Waals surface area contributed by atoms with Gasteiger partial charge in [-0.25, -0.2) is 0 Å². The molecule has 0 aliphatic carbocycles. The molecule has 6 heteroatoms. The highest BCUT2D eigenvalue weighted by Gasteiger charge is 2.35. The van der Waals surface area contributed by atoms with Crippen LogP contribution in [-0.2, 0) is 25.5 Å². The van der Waals surface area contributed by atoms with Crippen molar-refractivity contribution >= 4 is 23.5 Å². The Bertz CT molecular complexity index is 612. The van der Waals surface area contributed by atoms with Gasteiger partial charge in [0.1, 0.15) is 0 Å². The molecule has 1 N–H and O–H groups in total. The predicted octanol–water partition coefficient (Wildman–Crippen LogP) is 1.67. The molecule has 6 nitrogen and oxygen atoms in total. The molecule has 2 amide bonds. The number of methoxy groups -OCH3 is 1. The third-order valence-electron chi connectivity index (χ3n) is 4.24. The van der Waals surface area contributed by atoms with Crippen molar-refractivity contribution in [1.29, 1.82) is 0 Å². The highest BCUT2D eigenvalue weighted by molar-refractivity contribution is 6.00. The highest BCUT2D eigenvalue weighted by atomic mass is 16.5. The van der Waals surface area contributed by atoms with Crippen LogP contribution in [0.25, 0.3) is 0 Å². The molecule has 2 atom stereocenters. The zero-order valence-corrected chi connectivity index (χ0v) is 14.4. The summed E-state index contributed by atoms with van der Waals surface area (Å²) in [6.07, 6.45) is 1.24. The Balaban J connectivity index is 1.95. The van der Waals surface area contributed by atoms with Gasteiger partial charge in [0.05, 0.1) is 19.4 Å². The molecule has 130 valence electrons. The second-order valence-corrected chi connectivity index (χ2v) is 6.12. The summed E-state index contributed by atoms with van der Waals surface area (Å²) in [7, 11) is 1.31. The van der Waals surface area contributed by atoms with Crippen LogP contribution in [0.15, 0.2) is 24.3 Å². The summed E-state index contributed by atoms with van der Waals surface area (Å²) in [5, 5.41) is 2.78. The summed E-state index contributed by atoms with van der Waals surface area (Å²) < 4.78 is 4.59. The van der Waals surface area contributed by atoms with Crippen molar-refractivity contribution in [2.45, 2.75) is 39.2 Å². The molecule has 1 aromatic carbocycles. The number of rotatable bonds is 6. The molecule has 2 rings (SSSR count). The van der Waals surface area contributed by atoms with Crippen molar-refractivity contribution < 1.29 is 19.1 Å². The lowest BCUT2D eigenvalue weighted by molar-refractivity contribution is -0.141. The molecule has 0 radical (unpaired) electrons. The first-order chi connectivity index (χ1) is 11.4. The molecule has 24 heavy (non-hydrogen) atoms. The lowest BCUT2D eigenvalue weighted by Gasteiger charge is -2.18. The van der Waals surface area contributed by atoms with Gasteiger partial charge in [0.2, 0.25) is 11.8 Å². The highest BCUT2D eigenvalue weighted by Crippen LogP contribution is 2.25. The molecular formula is C18H24N2O4. The van der Waals surface area contributed by atoms with E-state index in [2.05, 4.69) is 17.0 Å². The Morgan fingerprint density at radius 1 is 1.33 bits per heavy atom. The van der Waals surface area contributed by atoms with Gasteiger partial charge in [-0.05, 0) is 31.0 Å². The van der Waals surface area contributed by atoms with Crippen molar-refractivity contribution in [3.8, 4) is 0 Å². The molecule has 0 saturated carbocycles. The molecule has 1 aliphatic rings. The van der Waals surface area contributed by atoms with Gasteiger partial charge in [-0.1, -0.05) is 19.1 Å². The number of amides is 2. The number of ether oxygens (including phenoxy) is 1. The average molecular weight is 332 g/mol. The third kappa shape index (κ3) is 4.34. The van der Waals surface area contributed by atoms with Crippen LogP contribution in [-0.4, -0.2) is 37.5 Å². The number of aryl methyl sites for hydroxylation is 1. The molecule has 1 fully saturated rings. The second kappa shape index (κ2) is 7.95. The summed E-state index contributed by atoms with van der Waals surface area (Å²) in [6, 6.07) is 7.49. The zero-order chi connectivity index (χ0) is 17.7. The van der Waals surface area contributed by atoms with Crippen molar-refractivity contribution in [1.82, 2.24) is 5.32 Å². The molecule has 0 aromatic heterocycles. The van der Waals surface area contributed by atoms with Crippen molar-refractivity contribution in [3.05, 3.63) is 29.8 Å². The Morgan fingerprint density at radius 2 is 2.00 bits per heavy atom. The number of carbonyl (C=O) groups is 3. The van der Waals surface area contributed by atoms with Gasteiger partial charge in [0.25, 0.3) is 0 Å². The monoisotopic (exact) mass is 332 g/mol. The smallest absolute Gasteiger partial charge is 0.307 e. The number of nitrogens with zero attached hydrogens (tertiary/aromatic N) is 1. The summed E-state index contributed by atoms with van der Waals surface area (Å²) >= 11 is 0. The Labute approximate surface area is 142 Å². The molecule has 2 unspecified atom stereocenters. The van der Waals surface area contributed by atoms with Gasteiger partial charge in [-0.15, -0.1) is 0 Å². The normalized spacial score (nSPS) is 18.4.